The van der Waals surface area contributed by atoms with Gasteiger partial charge in [-0.2, -0.15) is 0 Å². The molecule has 0 aromatic heterocycles. The van der Waals surface area contributed by atoms with E-state index in [0.717, 1.165) is 29.5 Å². The first-order valence-corrected chi connectivity index (χ1v) is 12.1. The Morgan fingerprint density at radius 1 is 0.971 bits per heavy atom. The highest BCUT2D eigenvalue weighted by Gasteiger charge is 2.32. The lowest BCUT2D eigenvalue weighted by Crippen LogP contribution is -2.40. The monoisotopic (exact) mass is 466 g/mol. The molecule has 5 heteroatoms. The Labute approximate surface area is 204 Å². The van der Waals surface area contributed by atoms with Gasteiger partial charge < -0.3 is 14.2 Å². The van der Waals surface area contributed by atoms with Crippen molar-refractivity contribution in [3.8, 4) is 11.5 Å². The average molecular weight is 467 g/mol. The second kappa shape index (κ2) is 13.0. The zero-order chi connectivity index (χ0) is 25.1. The van der Waals surface area contributed by atoms with Crippen LogP contribution in [0.2, 0.25) is 0 Å². The average Bonchev–Trinajstić information content (AvgIpc) is 2.80. The molecule has 0 aliphatic rings. The van der Waals surface area contributed by atoms with Crippen molar-refractivity contribution in [1.82, 2.24) is 0 Å². The van der Waals surface area contributed by atoms with Crippen molar-refractivity contribution >= 4 is 17.8 Å². The summed E-state index contributed by atoms with van der Waals surface area (Å²) in [5, 5.41) is 0. The fraction of sp³-hybridized carbons (Fsp3) is 0.448. The van der Waals surface area contributed by atoms with Crippen molar-refractivity contribution in [2.45, 2.75) is 72.8 Å². The number of ether oxygens (including phenoxy) is 3. The van der Waals surface area contributed by atoms with Crippen molar-refractivity contribution in [3.05, 3.63) is 64.7 Å². The van der Waals surface area contributed by atoms with Crippen LogP contribution in [-0.4, -0.2) is 30.6 Å². The van der Waals surface area contributed by atoms with Crippen LogP contribution in [0.5, 0.6) is 11.5 Å². The van der Waals surface area contributed by atoms with E-state index in [1.807, 2.05) is 44.2 Å². The van der Waals surface area contributed by atoms with Crippen LogP contribution in [0.3, 0.4) is 0 Å². The highest BCUT2D eigenvalue weighted by Crippen LogP contribution is 2.30. The van der Waals surface area contributed by atoms with Gasteiger partial charge in [0.05, 0.1) is 18.8 Å². The molecule has 0 aliphatic heterocycles. The predicted octanol–water partition coefficient (Wildman–Crippen LogP) is 6.88. The Kier molecular flexibility index (Phi) is 10.4. The van der Waals surface area contributed by atoms with Crippen molar-refractivity contribution < 1.29 is 23.8 Å². The van der Waals surface area contributed by atoms with Crippen LogP contribution < -0.4 is 9.47 Å². The number of carbonyl (C=O) groups is 2. The Morgan fingerprint density at radius 3 is 2.29 bits per heavy atom. The van der Waals surface area contributed by atoms with Crippen LogP contribution in [0, 0.1) is 13.8 Å². The molecule has 0 N–H and O–H groups in total. The quantitative estimate of drug-likeness (QED) is 0.139. The van der Waals surface area contributed by atoms with E-state index in [9.17, 15) is 9.59 Å². The molecule has 0 amide bonds. The smallest absolute Gasteiger partial charge is 0.349 e. The third-order valence-corrected chi connectivity index (χ3v) is 5.44. The number of ketones is 1. The summed E-state index contributed by atoms with van der Waals surface area (Å²) in [5.74, 6) is 0.743. The van der Waals surface area contributed by atoms with Crippen LogP contribution in [0.1, 0.15) is 80.4 Å². The number of hydrogen-bond donors (Lipinski definition) is 0. The summed E-state index contributed by atoms with van der Waals surface area (Å²) in [6.07, 6.45) is 7.83. The standard InChI is InChI=1S/C29H38O5/c1-7-9-10-13-18-33-26-15-12-11-14-24(26)25(30)17-16-23-19-21(3)27(22(4)20-23)34-29(5,6)28(31)32-8-2/h11-12,14-17,19-20H,7-10,13,18H2,1-6H3. The van der Waals surface area contributed by atoms with Gasteiger partial charge in [-0.1, -0.05) is 44.4 Å². The number of carbonyl (C=O) groups excluding carboxylic acids is 2. The van der Waals surface area contributed by atoms with Gasteiger partial charge in [-0.25, -0.2) is 4.79 Å². The van der Waals surface area contributed by atoms with E-state index in [0.29, 0.717) is 30.3 Å². The fourth-order valence-electron chi connectivity index (χ4n) is 3.61. The van der Waals surface area contributed by atoms with E-state index in [1.54, 1.807) is 39.0 Å². The lowest BCUT2D eigenvalue weighted by molar-refractivity contribution is -0.158. The minimum atomic E-state index is -1.10. The van der Waals surface area contributed by atoms with Gasteiger partial charge in [0.25, 0.3) is 0 Å². The minimum absolute atomic E-state index is 0.108. The lowest BCUT2D eigenvalue weighted by Gasteiger charge is -2.26. The van der Waals surface area contributed by atoms with E-state index < -0.39 is 11.6 Å². The summed E-state index contributed by atoms with van der Waals surface area (Å²) in [7, 11) is 0. The molecule has 0 fully saturated rings. The highest BCUT2D eigenvalue weighted by atomic mass is 16.6. The number of rotatable bonds is 13. The summed E-state index contributed by atoms with van der Waals surface area (Å²) in [6, 6.07) is 11.2. The largest absolute Gasteiger partial charge is 0.493 e. The van der Waals surface area contributed by atoms with Crippen molar-refractivity contribution in [2.24, 2.45) is 0 Å². The van der Waals surface area contributed by atoms with E-state index >= 15 is 0 Å². The summed E-state index contributed by atoms with van der Waals surface area (Å²) < 4.78 is 17.0. The van der Waals surface area contributed by atoms with Crippen molar-refractivity contribution in [1.29, 1.82) is 0 Å². The number of allylic oxidation sites excluding steroid dienone is 1. The Balaban J connectivity index is 2.13. The summed E-state index contributed by atoms with van der Waals surface area (Å²) >= 11 is 0. The third-order valence-electron chi connectivity index (χ3n) is 5.44. The second-order valence-corrected chi connectivity index (χ2v) is 8.92. The third kappa shape index (κ3) is 7.75. The van der Waals surface area contributed by atoms with Crippen LogP contribution in [0.25, 0.3) is 6.08 Å². The molecule has 0 aliphatic carbocycles. The number of unbranched alkanes of at least 4 members (excludes halogenated alkanes) is 3. The highest BCUT2D eigenvalue weighted by molar-refractivity contribution is 6.08. The first kappa shape index (κ1) is 27.2. The molecule has 2 rings (SSSR count). The number of aryl methyl sites for hydroxylation is 2. The first-order valence-electron chi connectivity index (χ1n) is 12.1. The van der Waals surface area contributed by atoms with Gasteiger partial charge in [0.15, 0.2) is 11.4 Å². The van der Waals surface area contributed by atoms with E-state index in [1.165, 1.54) is 12.8 Å². The Bertz CT molecular complexity index is 980. The molecule has 0 saturated carbocycles. The number of benzene rings is 2. The van der Waals surface area contributed by atoms with E-state index in [-0.39, 0.29) is 5.78 Å². The summed E-state index contributed by atoms with van der Waals surface area (Å²) in [5.41, 5.74) is 2.08. The van der Waals surface area contributed by atoms with Gasteiger partial charge in [-0.15, -0.1) is 0 Å². The Morgan fingerprint density at radius 2 is 1.65 bits per heavy atom. The molecule has 2 aromatic rings. The molecule has 0 radical (unpaired) electrons. The fourth-order valence-corrected chi connectivity index (χ4v) is 3.61. The molecule has 0 atom stereocenters. The van der Waals surface area contributed by atoms with Gasteiger partial charge in [0.1, 0.15) is 11.5 Å². The number of esters is 1. The first-order chi connectivity index (χ1) is 16.2. The number of hydrogen-bond acceptors (Lipinski definition) is 5. The molecule has 5 nitrogen and oxygen atoms in total. The molecular formula is C29H38O5. The SMILES string of the molecule is CCCCCCOc1ccccc1C(=O)C=Cc1cc(C)c(OC(C)(C)C(=O)OCC)c(C)c1. The summed E-state index contributed by atoms with van der Waals surface area (Å²) in [6.45, 7) is 12.1. The van der Waals surface area contributed by atoms with Gasteiger partial charge in [-0.3, -0.25) is 4.79 Å². The van der Waals surface area contributed by atoms with Crippen LogP contribution in [0.15, 0.2) is 42.5 Å². The van der Waals surface area contributed by atoms with Crippen molar-refractivity contribution in [2.75, 3.05) is 13.2 Å². The zero-order valence-corrected chi connectivity index (χ0v) is 21.4. The summed E-state index contributed by atoms with van der Waals surface area (Å²) in [4.78, 5) is 25.1. The molecule has 34 heavy (non-hydrogen) atoms. The molecule has 0 bridgehead atoms. The molecular weight excluding hydrogens is 428 g/mol. The molecule has 0 unspecified atom stereocenters. The molecule has 0 saturated heterocycles. The minimum Gasteiger partial charge on any atom is -0.493 e. The van der Waals surface area contributed by atoms with E-state index in [4.69, 9.17) is 14.2 Å². The van der Waals surface area contributed by atoms with Gasteiger partial charge >= 0.3 is 5.97 Å². The zero-order valence-electron chi connectivity index (χ0n) is 21.4. The topological polar surface area (TPSA) is 61.8 Å². The Hall–Kier alpha value is -3.08. The maximum atomic E-state index is 12.9. The van der Waals surface area contributed by atoms with Gasteiger partial charge in [-0.05, 0) is 88.1 Å². The normalized spacial score (nSPS) is 11.5. The van der Waals surface area contributed by atoms with Crippen LogP contribution in [-0.2, 0) is 9.53 Å². The van der Waals surface area contributed by atoms with Crippen molar-refractivity contribution in [3.63, 3.8) is 0 Å². The predicted molar refractivity (Wildman–Crippen MR) is 137 cm³/mol. The van der Waals surface area contributed by atoms with Crippen LogP contribution in [0.4, 0.5) is 0 Å². The molecule has 0 heterocycles. The lowest BCUT2D eigenvalue weighted by atomic mass is 10.0. The van der Waals surface area contributed by atoms with Gasteiger partial charge in [0.2, 0.25) is 0 Å². The maximum absolute atomic E-state index is 12.9. The molecule has 184 valence electrons. The number of para-hydroxylation sites is 1. The van der Waals surface area contributed by atoms with Gasteiger partial charge in [0, 0.05) is 0 Å². The maximum Gasteiger partial charge on any atom is 0.349 e. The van der Waals surface area contributed by atoms with E-state index in [2.05, 4.69) is 6.92 Å². The molecule has 0 spiro atoms. The van der Waals surface area contributed by atoms with Crippen LogP contribution >= 0.6 is 0 Å². The molecule has 2 aromatic carbocycles. The second-order valence-electron chi connectivity index (χ2n) is 8.92.